The summed E-state index contributed by atoms with van der Waals surface area (Å²) in [5, 5.41) is 3.41. The van der Waals surface area contributed by atoms with Gasteiger partial charge in [-0.25, -0.2) is 0 Å². The van der Waals surface area contributed by atoms with E-state index in [0.717, 1.165) is 30.0 Å². The number of fused-ring (bicyclic) bond motifs is 1. The summed E-state index contributed by atoms with van der Waals surface area (Å²) < 4.78 is 19.6. The first-order valence-corrected chi connectivity index (χ1v) is 11.9. The molecule has 0 aromatic heterocycles. The molecule has 1 aliphatic rings. The molecule has 4 heteroatoms. The lowest BCUT2D eigenvalue weighted by molar-refractivity contribution is -0.167. The van der Waals surface area contributed by atoms with Gasteiger partial charge in [-0.1, -0.05) is 54.6 Å². The highest BCUT2D eigenvalue weighted by Gasteiger charge is 2.45. The maximum absolute atomic E-state index is 6.58. The number of nitrogens with one attached hydrogen (secondary N) is 1. The molecule has 4 rings (SSSR count). The van der Waals surface area contributed by atoms with E-state index in [9.17, 15) is 0 Å². The molecule has 0 bridgehead atoms. The van der Waals surface area contributed by atoms with Gasteiger partial charge >= 0.3 is 0 Å². The first-order valence-electron chi connectivity index (χ1n) is 11.9. The highest BCUT2D eigenvalue weighted by Crippen LogP contribution is 2.44. The molecule has 0 fully saturated rings. The van der Waals surface area contributed by atoms with Crippen molar-refractivity contribution < 1.29 is 14.2 Å². The van der Waals surface area contributed by atoms with Gasteiger partial charge in [0, 0.05) is 17.8 Å². The van der Waals surface area contributed by atoms with Crippen LogP contribution in [0.5, 0.6) is 5.75 Å². The number of rotatable bonds is 9. The molecule has 0 saturated carbocycles. The second kappa shape index (κ2) is 10.4. The lowest BCUT2D eigenvalue weighted by Gasteiger charge is -2.44. The van der Waals surface area contributed by atoms with Crippen LogP contribution in [0.2, 0.25) is 0 Å². The third-order valence-corrected chi connectivity index (χ3v) is 6.24. The van der Waals surface area contributed by atoms with Crippen molar-refractivity contribution in [2.45, 2.75) is 58.5 Å². The fourth-order valence-electron chi connectivity index (χ4n) is 4.41. The van der Waals surface area contributed by atoms with E-state index >= 15 is 0 Å². The Kier molecular flexibility index (Phi) is 7.36. The average Bonchev–Trinajstić information content (AvgIpc) is 2.80. The van der Waals surface area contributed by atoms with Crippen molar-refractivity contribution >= 4 is 5.69 Å². The second-order valence-electron chi connectivity index (χ2n) is 9.17. The fraction of sp³-hybridized carbons (Fsp3) is 0.379. The van der Waals surface area contributed by atoms with Crippen LogP contribution in [0.15, 0.2) is 72.8 Å². The Labute approximate surface area is 197 Å². The summed E-state index contributed by atoms with van der Waals surface area (Å²) in [6, 6.07) is 25.1. The van der Waals surface area contributed by atoms with Crippen LogP contribution in [-0.2, 0) is 22.5 Å². The van der Waals surface area contributed by atoms with Crippen LogP contribution in [0.25, 0.3) is 0 Å². The summed E-state index contributed by atoms with van der Waals surface area (Å²) in [5.74, 6) is 0.863. The van der Waals surface area contributed by atoms with Gasteiger partial charge in [0.1, 0.15) is 23.6 Å². The Morgan fingerprint density at radius 1 is 0.939 bits per heavy atom. The Morgan fingerprint density at radius 2 is 1.70 bits per heavy atom. The van der Waals surface area contributed by atoms with Gasteiger partial charge in [0.15, 0.2) is 0 Å². The first-order chi connectivity index (χ1) is 16.0. The van der Waals surface area contributed by atoms with Gasteiger partial charge in [0.2, 0.25) is 0 Å². The normalized spacial score (nSPS) is 18.9. The molecule has 3 aromatic rings. The van der Waals surface area contributed by atoms with E-state index in [-0.39, 0.29) is 12.2 Å². The summed E-state index contributed by atoms with van der Waals surface area (Å²) in [5.41, 5.74) is 5.24. The Bertz CT molecular complexity index is 1050. The molecule has 0 spiro atoms. The Hall–Kier alpha value is -2.82. The zero-order valence-corrected chi connectivity index (χ0v) is 20.1. The van der Waals surface area contributed by atoms with E-state index in [4.69, 9.17) is 14.2 Å². The molecule has 0 saturated heterocycles. The van der Waals surface area contributed by atoms with Crippen LogP contribution in [0.1, 0.15) is 49.1 Å². The van der Waals surface area contributed by atoms with Crippen LogP contribution < -0.4 is 10.1 Å². The van der Waals surface area contributed by atoms with E-state index < -0.39 is 5.60 Å². The molecule has 0 amide bonds. The zero-order chi connectivity index (χ0) is 23.3. The van der Waals surface area contributed by atoms with Gasteiger partial charge < -0.3 is 19.5 Å². The largest absolute Gasteiger partial charge is 0.485 e. The summed E-state index contributed by atoms with van der Waals surface area (Å²) in [6.45, 7) is 10.4. The number of ether oxygens (including phenoxy) is 3. The predicted molar refractivity (Wildman–Crippen MR) is 134 cm³/mol. The van der Waals surface area contributed by atoms with E-state index in [1.807, 2.05) is 12.1 Å². The summed E-state index contributed by atoms with van der Waals surface area (Å²) in [7, 11) is 0. The molecule has 2 atom stereocenters. The first kappa shape index (κ1) is 23.3. The number of hydrogen-bond acceptors (Lipinski definition) is 4. The van der Waals surface area contributed by atoms with Gasteiger partial charge in [-0.05, 0) is 69.0 Å². The minimum Gasteiger partial charge on any atom is -0.485 e. The Morgan fingerprint density at radius 3 is 2.45 bits per heavy atom. The molecule has 174 valence electrons. The van der Waals surface area contributed by atoms with Crippen LogP contribution in [0, 0.1) is 6.92 Å². The number of anilines is 1. The van der Waals surface area contributed by atoms with Crippen molar-refractivity contribution in [3.8, 4) is 5.75 Å². The molecule has 33 heavy (non-hydrogen) atoms. The van der Waals surface area contributed by atoms with E-state index in [2.05, 4.69) is 93.7 Å². The monoisotopic (exact) mass is 445 g/mol. The molecule has 0 radical (unpaired) electrons. The van der Waals surface area contributed by atoms with Gasteiger partial charge in [0.25, 0.3) is 0 Å². The molecule has 0 aliphatic carbocycles. The summed E-state index contributed by atoms with van der Waals surface area (Å²) in [4.78, 5) is 0. The molecule has 4 nitrogen and oxygen atoms in total. The van der Waals surface area contributed by atoms with Crippen molar-refractivity contribution in [3.63, 3.8) is 0 Å². The van der Waals surface area contributed by atoms with Gasteiger partial charge in [-0.15, -0.1) is 0 Å². The molecule has 3 aromatic carbocycles. The minimum atomic E-state index is -0.535. The SMILES string of the molecule is CCNc1ccc2c(c1)C(OCCc1ccccc1)C(OCc1ccccc1C)C(C)(C)O2. The molecule has 1 N–H and O–H groups in total. The smallest absolute Gasteiger partial charge is 0.132 e. The maximum Gasteiger partial charge on any atom is 0.132 e. The van der Waals surface area contributed by atoms with Crippen LogP contribution in [0.4, 0.5) is 5.69 Å². The maximum atomic E-state index is 6.58. The quantitative estimate of drug-likeness (QED) is 0.409. The number of aryl methyl sites for hydroxylation is 1. The lowest BCUT2D eigenvalue weighted by Crippen LogP contribution is -2.51. The van der Waals surface area contributed by atoms with E-state index in [1.54, 1.807) is 0 Å². The zero-order valence-electron chi connectivity index (χ0n) is 20.1. The predicted octanol–water partition coefficient (Wildman–Crippen LogP) is 6.48. The topological polar surface area (TPSA) is 39.7 Å². The highest BCUT2D eigenvalue weighted by molar-refractivity contribution is 5.53. The van der Waals surface area contributed by atoms with Crippen molar-refractivity contribution in [1.29, 1.82) is 0 Å². The van der Waals surface area contributed by atoms with Gasteiger partial charge in [-0.3, -0.25) is 0 Å². The average molecular weight is 446 g/mol. The molecule has 1 heterocycles. The van der Waals surface area contributed by atoms with Crippen molar-refractivity contribution in [2.24, 2.45) is 0 Å². The molecular weight excluding hydrogens is 410 g/mol. The van der Waals surface area contributed by atoms with Crippen molar-refractivity contribution in [2.75, 3.05) is 18.5 Å². The standard InChI is InChI=1S/C29H35NO3/c1-5-30-24-15-16-26-25(19-24)27(31-18-17-22-12-7-6-8-13-22)28(29(3,4)33-26)32-20-23-14-10-9-11-21(23)2/h6-16,19,27-28,30H,5,17-18,20H2,1-4H3. The fourth-order valence-corrected chi connectivity index (χ4v) is 4.41. The van der Waals surface area contributed by atoms with Crippen LogP contribution in [-0.4, -0.2) is 24.9 Å². The summed E-state index contributed by atoms with van der Waals surface area (Å²) >= 11 is 0. The lowest BCUT2D eigenvalue weighted by atomic mass is 9.87. The third kappa shape index (κ3) is 5.58. The highest BCUT2D eigenvalue weighted by atomic mass is 16.6. The summed E-state index contributed by atoms with van der Waals surface area (Å²) in [6.07, 6.45) is 0.373. The third-order valence-electron chi connectivity index (χ3n) is 6.24. The number of hydrogen-bond donors (Lipinski definition) is 1. The van der Waals surface area contributed by atoms with Crippen LogP contribution >= 0.6 is 0 Å². The molecule has 2 unspecified atom stereocenters. The molecular formula is C29H35NO3. The number of benzene rings is 3. The van der Waals surface area contributed by atoms with Crippen molar-refractivity contribution in [3.05, 3.63) is 95.1 Å². The van der Waals surface area contributed by atoms with Gasteiger partial charge in [0.05, 0.1) is 13.2 Å². The van der Waals surface area contributed by atoms with E-state index in [0.29, 0.717) is 13.2 Å². The molecule has 1 aliphatic heterocycles. The van der Waals surface area contributed by atoms with Crippen molar-refractivity contribution in [1.82, 2.24) is 0 Å². The van der Waals surface area contributed by atoms with Gasteiger partial charge in [-0.2, -0.15) is 0 Å². The Balaban J connectivity index is 1.60. The van der Waals surface area contributed by atoms with Crippen LogP contribution in [0.3, 0.4) is 0 Å². The minimum absolute atomic E-state index is 0.227. The second-order valence-corrected chi connectivity index (χ2v) is 9.17. The van der Waals surface area contributed by atoms with E-state index in [1.165, 1.54) is 16.7 Å².